The number of nitrogens with zero attached hydrogens (tertiary/aromatic N) is 2. The predicted molar refractivity (Wildman–Crippen MR) is 90.3 cm³/mol. The Bertz CT molecular complexity index is 778. The van der Waals surface area contributed by atoms with E-state index in [0.29, 0.717) is 36.6 Å². The van der Waals surface area contributed by atoms with Gasteiger partial charge in [0.2, 0.25) is 0 Å². The van der Waals surface area contributed by atoms with Gasteiger partial charge >= 0.3 is 6.18 Å². The third kappa shape index (κ3) is 4.07. The first-order chi connectivity index (χ1) is 12.4. The minimum absolute atomic E-state index is 0.0993. The van der Waals surface area contributed by atoms with Crippen molar-refractivity contribution in [3.8, 4) is 5.75 Å². The van der Waals surface area contributed by atoms with Crippen LogP contribution in [0.3, 0.4) is 0 Å². The van der Waals surface area contributed by atoms with Crippen LogP contribution in [0.5, 0.6) is 5.75 Å². The first-order valence-electron chi connectivity index (χ1n) is 8.10. The summed E-state index contributed by atoms with van der Waals surface area (Å²) in [6, 6.07) is 9.12. The molecule has 1 fully saturated rings. The van der Waals surface area contributed by atoms with E-state index in [9.17, 15) is 18.0 Å². The van der Waals surface area contributed by atoms with E-state index in [1.807, 2.05) is 4.90 Å². The van der Waals surface area contributed by atoms with Crippen LogP contribution in [0.4, 0.5) is 19.0 Å². The summed E-state index contributed by atoms with van der Waals surface area (Å²) in [6.07, 6.45) is -2.88. The van der Waals surface area contributed by atoms with Crippen molar-refractivity contribution in [1.29, 1.82) is 0 Å². The third-order valence-corrected chi connectivity index (χ3v) is 4.25. The summed E-state index contributed by atoms with van der Waals surface area (Å²) in [5.74, 6) is 0.854. The molecule has 1 aliphatic heterocycles. The number of alkyl halides is 3. The molecule has 1 aliphatic rings. The van der Waals surface area contributed by atoms with Gasteiger partial charge in [0, 0.05) is 30.9 Å². The second-order valence-electron chi connectivity index (χ2n) is 6.04. The number of carbonyl (C=O) groups excluding carboxylic acids is 1. The molecule has 2 heterocycles. The number of ether oxygens (including phenoxy) is 1. The Balaban J connectivity index is 1.60. The first kappa shape index (κ1) is 18.0. The summed E-state index contributed by atoms with van der Waals surface area (Å²) in [6.45, 7) is 1.11. The topological polar surface area (TPSA) is 54.5 Å². The highest BCUT2D eigenvalue weighted by molar-refractivity contribution is 5.94. The van der Waals surface area contributed by atoms with Crippen LogP contribution >= 0.6 is 0 Å². The van der Waals surface area contributed by atoms with Gasteiger partial charge in [0.05, 0.1) is 12.7 Å². The largest absolute Gasteiger partial charge is 0.497 e. The normalized spacial score (nSPS) is 17.2. The van der Waals surface area contributed by atoms with E-state index in [2.05, 4.69) is 10.3 Å². The van der Waals surface area contributed by atoms with Gasteiger partial charge in [-0.2, -0.15) is 13.2 Å². The number of rotatable bonds is 4. The highest BCUT2D eigenvalue weighted by Crippen LogP contribution is 2.30. The third-order valence-electron chi connectivity index (χ3n) is 4.25. The predicted octanol–water partition coefficient (Wildman–Crippen LogP) is 3.12. The number of hydrogen-bond donors (Lipinski definition) is 1. The maximum atomic E-state index is 12.6. The summed E-state index contributed by atoms with van der Waals surface area (Å²) >= 11 is 0. The summed E-state index contributed by atoms with van der Waals surface area (Å²) in [7, 11) is 1.53. The minimum Gasteiger partial charge on any atom is -0.497 e. The number of benzene rings is 1. The zero-order valence-electron chi connectivity index (χ0n) is 14.1. The minimum atomic E-state index is -4.40. The van der Waals surface area contributed by atoms with Crippen LogP contribution in [0, 0.1) is 0 Å². The molecule has 1 aromatic carbocycles. The fourth-order valence-electron chi connectivity index (χ4n) is 2.86. The molecular formula is C18H18F3N3O2. The van der Waals surface area contributed by atoms with Crippen molar-refractivity contribution in [3.05, 3.63) is 53.7 Å². The average molecular weight is 365 g/mol. The maximum Gasteiger partial charge on any atom is 0.417 e. The van der Waals surface area contributed by atoms with Crippen molar-refractivity contribution in [2.75, 3.05) is 25.1 Å². The van der Waals surface area contributed by atoms with Crippen LogP contribution in [-0.2, 0) is 6.18 Å². The lowest BCUT2D eigenvalue weighted by molar-refractivity contribution is -0.137. The van der Waals surface area contributed by atoms with Gasteiger partial charge in [-0.15, -0.1) is 0 Å². The van der Waals surface area contributed by atoms with Crippen LogP contribution in [0.25, 0.3) is 0 Å². The number of hydrogen-bond acceptors (Lipinski definition) is 4. The number of amides is 1. The number of carbonyl (C=O) groups is 1. The molecule has 5 nitrogen and oxygen atoms in total. The van der Waals surface area contributed by atoms with Crippen molar-refractivity contribution in [1.82, 2.24) is 10.3 Å². The standard InChI is InChI=1S/C18H18F3N3O2/c1-26-15-4-2-3-12(9-15)17(25)23-14-7-8-24(11-14)16-6-5-13(10-22-16)18(19,20)21/h2-6,9-10,14H,7-8,11H2,1H3,(H,23,25). The van der Waals surface area contributed by atoms with E-state index in [0.717, 1.165) is 12.3 Å². The van der Waals surface area contributed by atoms with E-state index in [1.54, 1.807) is 24.3 Å². The molecule has 1 saturated heterocycles. The SMILES string of the molecule is COc1cccc(C(=O)NC2CCN(c3ccc(C(F)(F)F)cn3)C2)c1. The van der Waals surface area contributed by atoms with Crippen molar-refractivity contribution >= 4 is 11.7 Å². The highest BCUT2D eigenvalue weighted by Gasteiger charge is 2.31. The second kappa shape index (κ2) is 7.23. The molecule has 138 valence electrons. The lowest BCUT2D eigenvalue weighted by atomic mass is 10.2. The van der Waals surface area contributed by atoms with Gasteiger partial charge in [0.1, 0.15) is 11.6 Å². The molecule has 1 aromatic heterocycles. The molecule has 1 unspecified atom stereocenters. The Labute approximate surface area is 148 Å². The molecule has 1 atom stereocenters. The Morgan fingerprint density at radius 2 is 2.12 bits per heavy atom. The monoisotopic (exact) mass is 365 g/mol. The van der Waals surface area contributed by atoms with E-state index < -0.39 is 11.7 Å². The van der Waals surface area contributed by atoms with Crippen LogP contribution in [0.15, 0.2) is 42.6 Å². The zero-order chi connectivity index (χ0) is 18.7. The van der Waals surface area contributed by atoms with E-state index >= 15 is 0 Å². The lowest BCUT2D eigenvalue weighted by Gasteiger charge is -2.18. The van der Waals surface area contributed by atoms with E-state index in [-0.39, 0.29) is 11.9 Å². The number of nitrogens with one attached hydrogen (secondary N) is 1. The van der Waals surface area contributed by atoms with Crippen molar-refractivity contribution < 1.29 is 22.7 Å². The quantitative estimate of drug-likeness (QED) is 0.905. The first-order valence-corrected chi connectivity index (χ1v) is 8.10. The molecule has 0 bridgehead atoms. The number of methoxy groups -OCH3 is 1. The molecule has 0 aliphatic carbocycles. The van der Waals surface area contributed by atoms with E-state index in [1.165, 1.54) is 13.2 Å². The Morgan fingerprint density at radius 3 is 2.77 bits per heavy atom. The second-order valence-corrected chi connectivity index (χ2v) is 6.04. The maximum absolute atomic E-state index is 12.6. The summed E-state index contributed by atoms with van der Waals surface area (Å²) < 4.78 is 42.9. The van der Waals surface area contributed by atoms with Crippen LogP contribution in [0.1, 0.15) is 22.3 Å². The zero-order valence-corrected chi connectivity index (χ0v) is 14.1. The average Bonchev–Trinajstić information content (AvgIpc) is 3.09. The van der Waals surface area contributed by atoms with Crippen molar-refractivity contribution in [2.45, 2.75) is 18.6 Å². The smallest absolute Gasteiger partial charge is 0.417 e. The fourth-order valence-corrected chi connectivity index (χ4v) is 2.86. The molecule has 0 saturated carbocycles. The van der Waals surface area contributed by atoms with Gasteiger partial charge in [-0.25, -0.2) is 4.98 Å². The molecule has 1 N–H and O–H groups in total. The van der Waals surface area contributed by atoms with E-state index in [4.69, 9.17) is 4.74 Å². The lowest BCUT2D eigenvalue weighted by Crippen LogP contribution is -2.37. The number of anilines is 1. The summed E-state index contributed by atoms with van der Waals surface area (Å²) in [5, 5.41) is 2.94. The Kier molecular flexibility index (Phi) is 5.01. The molecular weight excluding hydrogens is 347 g/mol. The number of pyridine rings is 1. The molecule has 0 radical (unpaired) electrons. The van der Waals surface area contributed by atoms with Crippen molar-refractivity contribution in [2.24, 2.45) is 0 Å². The number of aromatic nitrogens is 1. The van der Waals surface area contributed by atoms with Crippen molar-refractivity contribution in [3.63, 3.8) is 0 Å². The summed E-state index contributed by atoms with van der Waals surface area (Å²) in [4.78, 5) is 18.1. The molecule has 8 heteroatoms. The van der Waals surface area contributed by atoms with Crippen LogP contribution in [0.2, 0.25) is 0 Å². The molecule has 0 spiro atoms. The van der Waals surface area contributed by atoms with Gasteiger partial charge < -0.3 is 15.0 Å². The fraction of sp³-hybridized carbons (Fsp3) is 0.333. The molecule has 26 heavy (non-hydrogen) atoms. The van der Waals surface area contributed by atoms with Crippen LogP contribution in [-0.4, -0.2) is 37.1 Å². The van der Waals surface area contributed by atoms with Gasteiger partial charge in [-0.3, -0.25) is 4.79 Å². The molecule has 2 aromatic rings. The molecule has 1 amide bonds. The van der Waals surface area contributed by atoms with Gasteiger partial charge in [-0.1, -0.05) is 6.07 Å². The summed E-state index contributed by atoms with van der Waals surface area (Å²) in [5.41, 5.74) is -0.279. The highest BCUT2D eigenvalue weighted by atomic mass is 19.4. The van der Waals surface area contributed by atoms with Gasteiger partial charge in [-0.05, 0) is 36.8 Å². The van der Waals surface area contributed by atoms with Crippen LogP contribution < -0.4 is 15.0 Å². The molecule has 3 rings (SSSR count). The Hall–Kier alpha value is -2.77. The van der Waals surface area contributed by atoms with Gasteiger partial charge in [0.15, 0.2) is 0 Å². The van der Waals surface area contributed by atoms with Gasteiger partial charge in [0.25, 0.3) is 5.91 Å². The Morgan fingerprint density at radius 1 is 1.31 bits per heavy atom. The number of halogens is 3.